The summed E-state index contributed by atoms with van der Waals surface area (Å²) in [5.74, 6) is 0. The van der Waals surface area contributed by atoms with E-state index in [9.17, 15) is 0 Å². The van der Waals surface area contributed by atoms with Crippen LogP contribution in [0.1, 0.15) is 64.1 Å². The van der Waals surface area contributed by atoms with E-state index < -0.39 is 0 Å². The van der Waals surface area contributed by atoms with E-state index in [4.69, 9.17) is 5.73 Å². The van der Waals surface area contributed by atoms with Gasteiger partial charge in [-0.1, -0.05) is 44.2 Å². The summed E-state index contributed by atoms with van der Waals surface area (Å²) >= 11 is 0. The van der Waals surface area contributed by atoms with Crippen molar-refractivity contribution < 1.29 is 0 Å². The van der Waals surface area contributed by atoms with Gasteiger partial charge in [0.15, 0.2) is 0 Å². The molecule has 0 aliphatic carbocycles. The molecule has 0 aliphatic rings. The van der Waals surface area contributed by atoms with Gasteiger partial charge >= 0.3 is 0 Å². The summed E-state index contributed by atoms with van der Waals surface area (Å²) in [6, 6.07) is -0.0155. The first-order valence-electron chi connectivity index (χ1n) is 6.39. The second-order valence-corrected chi connectivity index (χ2v) is 4.46. The number of aryl methyl sites for hydroxylation is 1. The molecule has 1 heterocycles. The lowest BCUT2D eigenvalue weighted by atomic mass is 10.1. The van der Waals surface area contributed by atoms with Crippen molar-refractivity contribution >= 4 is 0 Å². The van der Waals surface area contributed by atoms with Crippen LogP contribution in [-0.4, -0.2) is 15.0 Å². The number of aromatic nitrogens is 3. The minimum absolute atomic E-state index is 0.0155. The zero-order valence-corrected chi connectivity index (χ0v) is 10.5. The molecule has 0 bridgehead atoms. The fraction of sp³-hybridized carbons (Fsp3) is 0.833. The summed E-state index contributed by atoms with van der Waals surface area (Å²) in [5, 5.41) is 8.09. The molecule has 1 aromatic rings. The second-order valence-electron chi connectivity index (χ2n) is 4.46. The molecule has 1 rings (SSSR count). The molecule has 0 amide bonds. The molecule has 16 heavy (non-hydrogen) atoms. The van der Waals surface area contributed by atoms with Gasteiger partial charge in [-0.3, -0.25) is 4.68 Å². The molecule has 92 valence electrons. The molecule has 2 N–H and O–H groups in total. The van der Waals surface area contributed by atoms with E-state index in [0.29, 0.717) is 0 Å². The van der Waals surface area contributed by atoms with E-state index in [1.54, 1.807) is 0 Å². The number of hydrogen-bond donors (Lipinski definition) is 1. The topological polar surface area (TPSA) is 56.7 Å². The molecule has 1 aromatic heterocycles. The van der Waals surface area contributed by atoms with Crippen LogP contribution < -0.4 is 5.73 Å². The van der Waals surface area contributed by atoms with Crippen LogP contribution in [0.25, 0.3) is 0 Å². The summed E-state index contributed by atoms with van der Waals surface area (Å²) in [4.78, 5) is 0. The molecule has 0 fully saturated rings. The van der Waals surface area contributed by atoms with Gasteiger partial charge in [-0.05, 0) is 13.3 Å². The SMILES string of the molecule is CCCCCCCCn1cc(C(C)N)nn1. The highest BCUT2D eigenvalue weighted by Gasteiger charge is 2.04. The van der Waals surface area contributed by atoms with Gasteiger partial charge in [0, 0.05) is 12.6 Å². The van der Waals surface area contributed by atoms with E-state index in [2.05, 4.69) is 17.2 Å². The highest BCUT2D eigenvalue weighted by atomic mass is 15.4. The van der Waals surface area contributed by atoms with Crippen LogP contribution in [0.4, 0.5) is 0 Å². The molecular formula is C12H24N4. The lowest BCUT2D eigenvalue weighted by Gasteiger charge is -2.01. The Hall–Kier alpha value is -0.900. The van der Waals surface area contributed by atoms with Crippen LogP contribution in [0.3, 0.4) is 0 Å². The molecule has 4 nitrogen and oxygen atoms in total. The van der Waals surface area contributed by atoms with Gasteiger partial charge in [-0.2, -0.15) is 0 Å². The molecule has 0 spiro atoms. The number of nitrogens with zero attached hydrogens (tertiary/aromatic N) is 3. The highest BCUT2D eigenvalue weighted by Crippen LogP contribution is 2.07. The monoisotopic (exact) mass is 224 g/mol. The zero-order valence-electron chi connectivity index (χ0n) is 10.5. The summed E-state index contributed by atoms with van der Waals surface area (Å²) < 4.78 is 1.90. The predicted octanol–water partition coefficient (Wildman–Crippen LogP) is 2.66. The van der Waals surface area contributed by atoms with Crippen LogP contribution in [0, 0.1) is 0 Å². The van der Waals surface area contributed by atoms with Gasteiger partial charge in [-0.15, -0.1) is 5.10 Å². The molecule has 0 saturated heterocycles. The maximum absolute atomic E-state index is 5.72. The van der Waals surface area contributed by atoms with Gasteiger partial charge in [0.2, 0.25) is 0 Å². The van der Waals surface area contributed by atoms with E-state index in [-0.39, 0.29) is 6.04 Å². The standard InChI is InChI=1S/C12H24N4/c1-3-4-5-6-7-8-9-16-10-12(11(2)13)14-15-16/h10-11H,3-9,13H2,1-2H3. The Balaban J connectivity index is 2.12. The van der Waals surface area contributed by atoms with Crippen molar-refractivity contribution in [3.05, 3.63) is 11.9 Å². The van der Waals surface area contributed by atoms with Crippen LogP contribution in [0.15, 0.2) is 6.20 Å². The number of rotatable bonds is 8. The van der Waals surface area contributed by atoms with Crippen LogP contribution in [0.2, 0.25) is 0 Å². The number of nitrogens with two attached hydrogens (primary N) is 1. The molecule has 0 saturated carbocycles. The van der Waals surface area contributed by atoms with Crippen LogP contribution in [0.5, 0.6) is 0 Å². The average molecular weight is 224 g/mol. The first kappa shape index (κ1) is 13.2. The third-order valence-corrected chi connectivity index (χ3v) is 2.76. The summed E-state index contributed by atoms with van der Waals surface area (Å²) in [5.41, 5.74) is 6.60. The molecule has 1 unspecified atom stereocenters. The van der Waals surface area contributed by atoms with Gasteiger partial charge in [0.05, 0.1) is 11.9 Å². The second kappa shape index (κ2) is 7.39. The molecule has 1 atom stereocenters. The minimum atomic E-state index is -0.0155. The van der Waals surface area contributed by atoms with Crippen LogP contribution in [-0.2, 0) is 6.54 Å². The number of hydrogen-bond acceptors (Lipinski definition) is 3. The fourth-order valence-corrected chi connectivity index (χ4v) is 1.69. The molecule has 0 aliphatic heterocycles. The van der Waals surface area contributed by atoms with Crippen molar-refractivity contribution in [3.8, 4) is 0 Å². The van der Waals surface area contributed by atoms with Crippen molar-refractivity contribution in [3.63, 3.8) is 0 Å². The normalized spacial score (nSPS) is 12.9. The van der Waals surface area contributed by atoms with E-state index in [1.165, 1.54) is 38.5 Å². The van der Waals surface area contributed by atoms with Gasteiger partial charge in [-0.25, -0.2) is 0 Å². The summed E-state index contributed by atoms with van der Waals surface area (Å²) in [6.07, 6.45) is 9.79. The quantitative estimate of drug-likeness (QED) is 0.691. The van der Waals surface area contributed by atoms with E-state index in [1.807, 2.05) is 17.8 Å². The lowest BCUT2D eigenvalue weighted by Crippen LogP contribution is -2.05. The summed E-state index contributed by atoms with van der Waals surface area (Å²) in [7, 11) is 0. The first-order valence-corrected chi connectivity index (χ1v) is 6.39. The maximum Gasteiger partial charge on any atom is 0.0991 e. The predicted molar refractivity (Wildman–Crippen MR) is 66.0 cm³/mol. The van der Waals surface area contributed by atoms with Crippen molar-refractivity contribution in [2.75, 3.05) is 0 Å². The number of unbranched alkanes of at least 4 members (excludes halogenated alkanes) is 5. The van der Waals surface area contributed by atoms with Crippen molar-refractivity contribution in [2.24, 2.45) is 5.73 Å². The largest absolute Gasteiger partial charge is 0.323 e. The first-order chi connectivity index (χ1) is 7.74. The van der Waals surface area contributed by atoms with Gasteiger partial charge in [0.1, 0.15) is 0 Å². The van der Waals surface area contributed by atoms with Crippen molar-refractivity contribution in [2.45, 2.75) is 65.0 Å². The Bertz CT molecular complexity index is 280. The molecular weight excluding hydrogens is 200 g/mol. The van der Waals surface area contributed by atoms with Crippen LogP contribution >= 0.6 is 0 Å². The highest BCUT2D eigenvalue weighted by molar-refractivity contribution is 4.97. The minimum Gasteiger partial charge on any atom is -0.323 e. The molecule has 4 heteroatoms. The Labute approximate surface area is 98.2 Å². The summed E-state index contributed by atoms with van der Waals surface area (Å²) in [6.45, 7) is 5.13. The van der Waals surface area contributed by atoms with Gasteiger partial charge < -0.3 is 5.73 Å². The van der Waals surface area contributed by atoms with E-state index in [0.717, 1.165) is 12.2 Å². The van der Waals surface area contributed by atoms with E-state index >= 15 is 0 Å². The third kappa shape index (κ3) is 4.75. The van der Waals surface area contributed by atoms with Gasteiger partial charge in [0.25, 0.3) is 0 Å². The Kier molecular flexibility index (Phi) is 6.08. The smallest absolute Gasteiger partial charge is 0.0991 e. The Morgan fingerprint density at radius 3 is 2.56 bits per heavy atom. The third-order valence-electron chi connectivity index (χ3n) is 2.76. The molecule has 0 aromatic carbocycles. The average Bonchev–Trinajstić information content (AvgIpc) is 2.72. The zero-order chi connectivity index (χ0) is 11.8. The van der Waals surface area contributed by atoms with Crippen molar-refractivity contribution in [1.29, 1.82) is 0 Å². The maximum atomic E-state index is 5.72. The fourth-order valence-electron chi connectivity index (χ4n) is 1.69. The lowest BCUT2D eigenvalue weighted by molar-refractivity contribution is 0.516. The Morgan fingerprint density at radius 1 is 1.25 bits per heavy atom. The molecule has 0 radical (unpaired) electrons. The Morgan fingerprint density at radius 2 is 1.94 bits per heavy atom. The van der Waals surface area contributed by atoms with Crippen molar-refractivity contribution in [1.82, 2.24) is 15.0 Å².